The molecule has 0 saturated heterocycles. The summed E-state index contributed by atoms with van der Waals surface area (Å²) in [5, 5.41) is 0. The second kappa shape index (κ2) is 2.61. The van der Waals surface area contributed by atoms with Crippen LogP contribution in [0.15, 0.2) is 0 Å². The van der Waals surface area contributed by atoms with E-state index in [4.69, 9.17) is 0 Å². The van der Waals surface area contributed by atoms with E-state index in [0.29, 0.717) is 0 Å². The van der Waals surface area contributed by atoms with Gasteiger partial charge in [-0.05, 0) is 0 Å². The molecule has 0 nitrogen and oxygen atoms in total. The monoisotopic (exact) mass is 185 g/mol. The van der Waals surface area contributed by atoms with Crippen LogP contribution in [0.5, 0.6) is 0 Å². The van der Waals surface area contributed by atoms with Gasteiger partial charge in [-0.2, -0.15) is 0 Å². The molecule has 0 rings (SSSR count). The van der Waals surface area contributed by atoms with Crippen LogP contribution >= 0.6 is 0 Å². The number of hydrogen-bond acceptors (Lipinski definition) is 0. The van der Waals surface area contributed by atoms with Crippen molar-refractivity contribution in [3.8, 4) is 0 Å². The van der Waals surface area contributed by atoms with Crippen LogP contribution in [-0.4, -0.2) is 8.41 Å². The Morgan fingerprint density at radius 2 is 0.833 bits per heavy atom. The molecule has 0 aliphatic heterocycles. The van der Waals surface area contributed by atoms with Gasteiger partial charge in [0.2, 0.25) is 0 Å². The van der Waals surface area contributed by atoms with Crippen molar-refractivity contribution in [2.75, 3.05) is 0 Å². The predicted octanol–water partition coefficient (Wildman–Crippen LogP) is 1.30. The van der Waals surface area contributed by atoms with Crippen molar-refractivity contribution in [3.63, 3.8) is 0 Å². The molecule has 37 valence electrons. The van der Waals surface area contributed by atoms with Gasteiger partial charge in [0.25, 0.3) is 0 Å². The van der Waals surface area contributed by atoms with Gasteiger partial charge in [-0.25, -0.2) is 0 Å². The molecule has 0 fully saturated rings. The number of hydrogen-bond donors (Lipinski definition) is 0. The Morgan fingerprint density at radius 3 is 0.833 bits per heavy atom. The van der Waals surface area contributed by atoms with Gasteiger partial charge in [0.1, 0.15) is 0 Å². The molecular weight excluding hydrogens is 183 g/mol. The minimum atomic E-state index is -7.02. The second-order valence-corrected chi connectivity index (χ2v) is 2.07. The van der Waals surface area contributed by atoms with Crippen molar-refractivity contribution < 1.29 is 30.8 Å². The van der Waals surface area contributed by atoms with E-state index in [9.17, 15) is 12.6 Å². The number of halogens is 4. The van der Waals surface area contributed by atoms with Crippen molar-refractivity contribution in [1.82, 2.24) is 0 Å². The summed E-state index contributed by atoms with van der Waals surface area (Å²) in [6.07, 6.45) is 0. The fourth-order valence-electron chi connectivity index (χ4n) is 0. The molecule has 0 amide bonds. The minimum absolute atomic E-state index is 0. The summed E-state index contributed by atoms with van der Waals surface area (Å²) in [4.78, 5) is 0. The Bertz CT molecular complexity index is 23.0. The summed E-state index contributed by atoms with van der Waals surface area (Å²) in [7, 11) is 0. The molecule has 0 unspecified atom stereocenters. The summed E-state index contributed by atoms with van der Waals surface area (Å²) < 4.78 is 39.5. The van der Waals surface area contributed by atoms with Gasteiger partial charge >= 0.3 is 30.8 Å². The zero-order valence-electron chi connectivity index (χ0n) is 2.50. The molecule has 0 aromatic heterocycles. The predicted molar refractivity (Wildman–Crippen MR) is 10.2 cm³/mol. The van der Waals surface area contributed by atoms with Crippen LogP contribution in [0.2, 0.25) is 0 Å². The molecule has 0 saturated carbocycles. The van der Waals surface area contributed by atoms with E-state index in [1.807, 2.05) is 0 Å². The number of rotatable bonds is 0. The molecule has 0 atom stereocenters. The molecule has 0 heterocycles. The van der Waals surface area contributed by atoms with E-state index < -0.39 is 18.2 Å². The molecule has 0 aromatic rings. The Balaban J connectivity index is 0. The van der Waals surface area contributed by atoms with E-state index in [0.717, 1.165) is 0 Å². The van der Waals surface area contributed by atoms with Gasteiger partial charge in [-0.15, -0.1) is 0 Å². The van der Waals surface area contributed by atoms with Crippen LogP contribution in [0, 0.1) is 0 Å². The fraction of sp³-hybridized carbons (Fsp3) is 0. The molecular formula is BF4Mo. The first-order valence-corrected chi connectivity index (χ1v) is 3.65. The third kappa shape index (κ3) is 241. The van der Waals surface area contributed by atoms with Gasteiger partial charge in [-0.1, -0.05) is 0 Å². The first kappa shape index (κ1) is 9.69. The van der Waals surface area contributed by atoms with Crippen LogP contribution in [0.4, 0.5) is 12.6 Å². The van der Waals surface area contributed by atoms with Crippen molar-refractivity contribution in [1.29, 1.82) is 0 Å². The maximum atomic E-state index is 9.88. The standard InChI is InChI=1S/B.4FH.Mo/h;4*1H;/q;;;;;+4/p-4. The Morgan fingerprint density at radius 1 is 0.833 bits per heavy atom. The van der Waals surface area contributed by atoms with Crippen molar-refractivity contribution in [2.24, 2.45) is 0 Å². The van der Waals surface area contributed by atoms with E-state index >= 15 is 0 Å². The zero-order valence-corrected chi connectivity index (χ0v) is 4.50. The Kier molecular flexibility index (Phi) is 4.22. The molecule has 3 radical (unpaired) electrons. The maximum absolute atomic E-state index is 9.88. The van der Waals surface area contributed by atoms with E-state index in [1.165, 1.54) is 0 Å². The quantitative estimate of drug-likeness (QED) is 0.392. The van der Waals surface area contributed by atoms with E-state index in [-0.39, 0.29) is 8.41 Å². The summed E-state index contributed by atoms with van der Waals surface area (Å²) in [5.74, 6) is 0. The van der Waals surface area contributed by atoms with Crippen molar-refractivity contribution in [3.05, 3.63) is 0 Å². The van der Waals surface area contributed by atoms with Gasteiger partial charge in [0.05, 0.1) is 0 Å². The van der Waals surface area contributed by atoms with Crippen LogP contribution in [-0.2, 0) is 18.2 Å². The van der Waals surface area contributed by atoms with Gasteiger partial charge in [0.15, 0.2) is 0 Å². The van der Waals surface area contributed by atoms with Crippen molar-refractivity contribution in [2.45, 2.75) is 0 Å². The van der Waals surface area contributed by atoms with Gasteiger partial charge in [0, 0.05) is 8.41 Å². The third-order valence-corrected chi connectivity index (χ3v) is 0. The van der Waals surface area contributed by atoms with E-state index in [1.54, 1.807) is 0 Å². The van der Waals surface area contributed by atoms with Crippen LogP contribution in [0.25, 0.3) is 0 Å². The first-order valence-electron chi connectivity index (χ1n) is 0.617. The van der Waals surface area contributed by atoms with Gasteiger partial charge in [-0.3, -0.25) is 0 Å². The first-order chi connectivity index (χ1) is 2.00. The molecule has 0 N–H and O–H groups in total. The molecule has 0 spiro atoms. The molecule has 0 aromatic carbocycles. The summed E-state index contributed by atoms with van der Waals surface area (Å²) in [6.45, 7) is 0. The summed E-state index contributed by atoms with van der Waals surface area (Å²) in [6, 6.07) is 0. The van der Waals surface area contributed by atoms with Gasteiger partial charge < -0.3 is 0 Å². The average Bonchev–Trinajstić information content (AvgIpc) is 0.722. The fourth-order valence-corrected chi connectivity index (χ4v) is 0. The van der Waals surface area contributed by atoms with Crippen LogP contribution in [0.3, 0.4) is 0 Å². The average molecular weight is 183 g/mol. The third-order valence-electron chi connectivity index (χ3n) is 0. The molecule has 0 bridgehead atoms. The van der Waals surface area contributed by atoms with Crippen LogP contribution < -0.4 is 0 Å². The molecule has 6 heavy (non-hydrogen) atoms. The SMILES string of the molecule is [B].[F][Mo]([F])([F])[F]. The zero-order chi connectivity index (χ0) is 4.50. The second-order valence-electron chi connectivity index (χ2n) is 0.350. The normalized spacial score (nSPS) is 12.7. The summed E-state index contributed by atoms with van der Waals surface area (Å²) >= 11 is -7.02. The molecule has 6 heteroatoms. The topological polar surface area (TPSA) is 0 Å². The van der Waals surface area contributed by atoms with Crippen molar-refractivity contribution >= 4 is 8.41 Å². The Labute approximate surface area is 39.9 Å². The molecule has 0 aliphatic carbocycles. The van der Waals surface area contributed by atoms with Crippen LogP contribution in [0.1, 0.15) is 0 Å². The molecule has 0 aliphatic rings. The Hall–Kier alpha value is 0.473. The van der Waals surface area contributed by atoms with E-state index in [2.05, 4.69) is 0 Å². The summed E-state index contributed by atoms with van der Waals surface area (Å²) in [5.41, 5.74) is 0.